The van der Waals surface area contributed by atoms with Crippen LogP contribution in [-0.2, 0) is 4.79 Å². The van der Waals surface area contributed by atoms with Crippen molar-refractivity contribution >= 4 is 17.7 Å². The summed E-state index contributed by atoms with van der Waals surface area (Å²) in [6.45, 7) is 7.02. The summed E-state index contributed by atoms with van der Waals surface area (Å²) in [6, 6.07) is 3.96. The van der Waals surface area contributed by atoms with E-state index in [1.165, 1.54) is 4.91 Å². The molecule has 0 saturated carbocycles. The fraction of sp³-hybridized carbons (Fsp3) is 0.429. The standard InChI is InChI=1S/C14H18N2OS/c1-4-12-9-16(14(12)17)10(2)11(3)18-13-5-7-15-8-6-13/h5-8,12H,4,9H2,1-3H3. The summed E-state index contributed by atoms with van der Waals surface area (Å²) in [5, 5.41) is 0. The van der Waals surface area contributed by atoms with E-state index >= 15 is 0 Å². The number of amides is 1. The Hall–Kier alpha value is -1.29. The van der Waals surface area contributed by atoms with Crippen molar-refractivity contribution in [1.82, 2.24) is 9.88 Å². The van der Waals surface area contributed by atoms with Crippen LogP contribution in [0.15, 0.2) is 40.0 Å². The molecule has 1 saturated heterocycles. The predicted molar refractivity (Wildman–Crippen MR) is 74.0 cm³/mol. The van der Waals surface area contributed by atoms with Crippen molar-refractivity contribution in [2.24, 2.45) is 5.92 Å². The summed E-state index contributed by atoms with van der Waals surface area (Å²) in [5.41, 5.74) is 1.08. The molecule has 1 aromatic heterocycles. The number of pyridine rings is 1. The highest BCUT2D eigenvalue weighted by Crippen LogP contribution is 2.33. The van der Waals surface area contributed by atoms with Crippen LogP contribution < -0.4 is 0 Å². The molecule has 96 valence electrons. The van der Waals surface area contributed by atoms with Gasteiger partial charge < -0.3 is 4.90 Å². The summed E-state index contributed by atoms with van der Waals surface area (Å²) < 4.78 is 0. The molecule has 1 aromatic rings. The summed E-state index contributed by atoms with van der Waals surface area (Å²) >= 11 is 1.69. The number of β-lactam (4-membered cyclic amide) rings is 1. The maximum Gasteiger partial charge on any atom is 0.231 e. The average Bonchev–Trinajstić information content (AvgIpc) is 2.38. The molecular formula is C14H18N2OS. The molecule has 1 aliphatic heterocycles. The molecule has 2 heterocycles. The Morgan fingerprint density at radius 3 is 2.67 bits per heavy atom. The molecule has 1 amide bonds. The highest BCUT2D eigenvalue weighted by Gasteiger charge is 2.36. The maximum absolute atomic E-state index is 11.9. The van der Waals surface area contributed by atoms with Crippen molar-refractivity contribution in [3.05, 3.63) is 35.1 Å². The van der Waals surface area contributed by atoms with E-state index in [1.54, 1.807) is 24.2 Å². The van der Waals surface area contributed by atoms with Crippen molar-refractivity contribution in [2.75, 3.05) is 6.54 Å². The lowest BCUT2D eigenvalue weighted by Gasteiger charge is -2.39. The lowest BCUT2D eigenvalue weighted by molar-refractivity contribution is -0.144. The molecule has 1 unspecified atom stereocenters. The number of carbonyl (C=O) groups excluding carboxylic acids is 1. The van der Waals surface area contributed by atoms with Crippen LogP contribution in [0.25, 0.3) is 0 Å². The van der Waals surface area contributed by atoms with Gasteiger partial charge >= 0.3 is 0 Å². The van der Waals surface area contributed by atoms with E-state index in [-0.39, 0.29) is 11.8 Å². The largest absolute Gasteiger partial charge is 0.315 e. The number of rotatable bonds is 4. The molecule has 3 nitrogen and oxygen atoms in total. The third kappa shape index (κ3) is 2.58. The normalized spacial score (nSPS) is 20.5. The quantitative estimate of drug-likeness (QED) is 0.616. The van der Waals surface area contributed by atoms with Crippen LogP contribution in [0.1, 0.15) is 27.2 Å². The van der Waals surface area contributed by atoms with Crippen LogP contribution in [0, 0.1) is 5.92 Å². The third-order valence-corrected chi connectivity index (χ3v) is 4.46. The maximum atomic E-state index is 11.9. The van der Waals surface area contributed by atoms with Crippen molar-refractivity contribution in [1.29, 1.82) is 0 Å². The molecule has 0 N–H and O–H groups in total. The first kappa shape index (κ1) is 13.1. The van der Waals surface area contributed by atoms with Gasteiger partial charge in [0.25, 0.3) is 0 Å². The van der Waals surface area contributed by atoms with Crippen LogP contribution >= 0.6 is 11.8 Å². The fourth-order valence-electron chi connectivity index (χ4n) is 1.95. The van der Waals surface area contributed by atoms with Crippen molar-refractivity contribution in [3.63, 3.8) is 0 Å². The molecular weight excluding hydrogens is 244 g/mol. The van der Waals surface area contributed by atoms with Gasteiger partial charge in [-0.1, -0.05) is 18.7 Å². The first-order valence-electron chi connectivity index (χ1n) is 6.20. The zero-order valence-corrected chi connectivity index (χ0v) is 11.8. The zero-order valence-electron chi connectivity index (χ0n) is 11.0. The van der Waals surface area contributed by atoms with Crippen molar-refractivity contribution in [2.45, 2.75) is 32.1 Å². The second-order valence-electron chi connectivity index (χ2n) is 4.48. The topological polar surface area (TPSA) is 33.2 Å². The zero-order chi connectivity index (χ0) is 13.1. The average molecular weight is 262 g/mol. The highest BCUT2D eigenvalue weighted by molar-refractivity contribution is 8.03. The molecule has 18 heavy (non-hydrogen) atoms. The Kier molecular flexibility index (Phi) is 4.07. The van der Waals surface area contributed by atoms with Gasteiger partial charge in [-0.05, 0) is 32.4 Å². The number of allylic oxidation sites excluding steroid dienone is 2. The number of nitrogens with zero attached hydrogens (tertiary/aromatic N) is 2. The molecule has 0 spiro atoms. The molecule has 1 atom stereocenters. The summed E-state index contributed by atoms with van der Waals surface area (Å²) in [4.78, 5) is 20.1. The Balaban J connectivity index is 2.05. The Morgan fingerprint density at radius 2 is 2.11 bits per heavy atom. The van der Waals surface area contributed by atoms with Crippen LogP contribution in [0.3, 0.4) is 0 Å². The van der Waals surface area contributed by atoms with Gasteiger partial charge in [0.2, 0.25) is 5.91 Å². The summed E-state index contributed by atoms with van der Waals surface area (Å²) in [5.74, 6) is 0.503. The first-order chi connectivity index (χ1) is 8.63. The molecule has 1 fully saturated rings. The van der Waals surface area contributed by atoms with Crippen LogP contribution in [0.4, 0.5) is 0 Å². The lowest BCUT2D eigenvalue weighted by Crippen LogP contribution is -2.50. The third-order valence-electron chi connectivity index (χ3n) is 3.35. The Labute approximate surface area is 112 Å². The van der Waals surface area contributed by atoms with E-state index in [9.17, 15) is 4.79 Å². The Morgan fingerprint density at radius 1 is 1.44 bits per heavy atom. The van der Waals surface area contributed by atoms with E-state index in [0.29, 0.717) is 0 Å². The second kappa shape index (κ2) is 5.57. The van der Waals surface area contributed by atoms with Gasteiger partial charge in [-0.25, -0.2) is 0 Å². The SMILES string of the molecule is CCC1CN(C(C)=C(C)Sc2ccncc2)C1=O. The minimum absolute atomic E-state index is 0.235. The molecule has 2 rings (SSSR count). The molecule has 1 aliphatic rings. The van der Waals surface area contributed by atoms with Crippen molar-refractivity contribution in [3.8, 4) is 0 Å². The molecule has 0 aliphatic carbocycles. The van der Waals surface area contributed by atoms with E-state index in [4.69, 9.17) is 0 Å². The van der Waals surface area contributed by atoms with E-state index < -0.39 is 0 Å². The van der Waals surface area contributed by atoms with E-state index in [1.807, 2.05) is 24.0 Å². The van der Waals surface area contributed by atoms with E-state index in [0.717, 1.165) is 23.6 Å². The highest BCUT2D eigenvalue weighted by atomic mass is 32.2. The number of likely N-dealkylation sites (tertiary alicyclic amines) is 1. The molecule has 0 radical (unpaired) electrons. The van der Waals surface area contributed by atoms with Crippen LogP contribution in [0.5, 0.6) is 0 Å². The smallest absolute Gasteiger partial charge is 0.231 e. The van der Waals surface area contributed by atoms with Gasteiger partial charge in [0.1, 0.15) is 0 Å². The van der Waals surface area contributed by atoms with Gasteiger partial charge in [-0.15, -0.1) is 0 Å². The van der Waals surface area contributed by atoms with Gasteiger partial charge in [0.15, 0.2) is 0 Å². The number of thioether (sulfide) groups is 1. The number of carbonyl (C=O) groups is 1. The molecule has 4 heteroatoms. The van der Waals surface area contributed by atoms with Gasteiger partial charge in [0.05, 0.1) is 5.92 Å². The minimum Gasteiger partial charge on any atom is -0.315 e. The number of hydrogen-bond acceptors (Lipinski definition) is 3. The van der Waals surface area contributed by atoms with Crippen LogP contribution in [-0.4, -0.2) is 22.3 Å². The molecule has 0 aromatic carbocycles. The van der Waals surface area contributed by atoms with Gasteiger partial charge in [-0.3, -0.25) is 9.78 Å². The monoisotopic (exact) mass is 262 g/mol. The van der Waals surface area contributed by atoms with Gasteiger partial charge in [-0.2, -0.15) is 0 Å². The molecule has 0 bridgehead atoms. The second-order valence-corrected chi connectivity index (χ2v) is 5.77. The Bertz CT molecular complexity index is 470. The fourth-order valence-corrected chi connectivity index (χ4v) is 2.82. The minimum atomic E-state index is 0.235. The van der Waals surface area contributed by atoms with Gasteiger partial charge in [0, 0.05) is 34.4 Å². The lowest BCUT2D eigenvalue weighted by atomic mass is 9.95. The van der Waals surface area contributed by atoms with Crippen molar-refractivity contribution < 1.29 is 4.79 Å². The summed E-state index contributed by atoms with van der Waals surface area (Å²) in [7, 11) is 0. The first-order valence-corrected chi connectivity index (χ1v) is 7.02. The number of aromatic nitrogens is 1. The number of hydrogen-bond donors (Lipinski definition) is 0. The van der Waals surface area contributed by atoms with Crippen LogP contribution in [0.2, 0.25) is 0 Å². The summed E-state index contributed by atoms with van der Waals surface area (Å²) in [6.07, 6.45) is 4.51. The predicted octanol–water partition coefficient (Wildman–Crippen LogP) is 3.29. The van der Waals surface area contributed by atoms with E-state index in [2.05, 4.69) is 18.8 Å².